The van der Waals surface area contributed by atoms with Gasteiger partial charge in [0.05, 0.1) is 12.5 Å². The summed E-state index contributed by atoms with van der Waals surface area (Å²) in [5, 5.41) is 14.8. The number of aliphatic carboxylic acids is 1. The number of fused-ring (bicyclic) bond motifs is 3. The number of methoxy groups -OCH3 is 1. The Morgan fingerprint density at radius 2 is 1.66 bits per heavy atom. The Hall–Kier alpha value is -3.39. The predicted molar refractivity (Wildman–Crippen MR) is 130 cm³/mol. The Morgan fingerprint density at radius 1 is 1.03 bits per heavy atom. The van der Waals surface area contributed by atoms with E-state index in [2.05, 4.69) is 22.8 Å². The van der Waals surface area contributed by atoms with Crippen molar-refractivity contribution in [2.75, 3.05) is 26.9 Å². The zero-order valence-electron chi connectivity index (χ0n) is 20.1. The molecule has 186 valence electrons. The highest BCUT2D eigenvalue weighted by molar-refractivity contribution is 5.90. The lowest BCUT2D eigenvalue weighted by molar-refractivity contribution is -0.143. The number of carbonyl (C=O) groups is 3. The molecule has 0 bridgehead atoms. The first-order valence-corrected chi connectivity index (χ1v) is 12.0. The minimum Gasteiger partial charge on any atom is -0.481 e. The van der Waals surface area contributed by atoms with Crippen molar-refractivity contribution >= 4 is 18.0 Å². The largest absolute Gasteiger partial charge is 0.481 e. The summed E-state index contributed by atoms with van der Waals surface area (Å²) in [7, 11) is 1.45. The Balaban J connectivity index is 1.38. The van der Waals surface area contributed by atoms with Crippen LogP contribution in [-0.2, 0) is 19.1 Å². The summed E-state index contributed by atoms with van der Waals surface area (Å²) in [6.07, 6.45) is 1.47. The van der Waals surface area contributed by atoms with Crippen LogP contribution in [0.1, 0.15) is 43.2 Å². The molecule has 1 fully saturated rings. The van der Waals surface area contributed by atoms with Gasteiger partial charge in [-0.3, -0.25) is 9.59 Å². The molecule has 2 aromatic rings. The monoisotopic (exact) mass is 480 g/mol. The molecule has 1 saturated carbocycles. The van der Waals surface area contributed by atoms with Crippen LogP contribution >= 0.6 is 0 Å². The smallest absolute Gasteiger partial charge is 0.408 e. The maximum absolute atomic E-state index is 13.0. The van der Waals surface area contributed by atoms with Crippen LogP contribution in [0, 0.1) is 11.8 Å². The molecule has 0 saturated heterocycles. The maximum Gasteiger partial charge on any atom is 0.408 e. The molecule has 2 aliphatic rings. The summed E-state index contributed by atoms with van der Waals surface area (Å²) in [5.74, 6) is -1.95. The number of hydrogen-bond acceptors (Lipinski definition) is 5. The lowest BCUT2D eigenvalue weighted by Crippen LogP contribution is -2.60. The van der Waals surface area contributed by atoms with Crippen molar-refractivity contribution in [3.63, 3.8) is 0 Å². The second-order valence-corrected chi connectivity index (χ2v) is 9.56. The van der Waals surface area contributed by atoms with Crippen LogP contribution in [0.4, 0.5) is 4.79 Å². The molecule has 0 aliphatic heterocycles. The second kappa shape index (κ2) is 10.5. The number of carboxylic acids is 1. The molecule has 4 rings (SSSR count). The average molecular weight is 481 g/mol. The van der Waals surface area contributed by atoms with Gasteiger partial charge in [0.15, 0.2) is 0 Å². The van der Waals surface area contributed by atoms with E-state index in [4.69, 9.17) is 9.47 Å². The van der Waals surface area contributed by atoms with Crippen molar-refractivity contribution in [1.82, 2.24) is 10.6 Å². The number of amides is 2. The highest BCUT2D eigenvalue weighted by atomic mass is 16.5. The average Bonchev–Trinajstić information content (AvgIpc) is 3.44. The zero-order chi connectivity index (χ0) is 25.0. The number of alkyl carbamates (subject to hydrolysis) is 1. The molecule has 3 N–H and O–H groups in total. The number of nitrogens with one attached hydrogen (secondary N) is 2. The van der Waals surface area contributed by atoms with Crippen LogP contribution in [0.3, 0.4) is 0 Å². The molecule has 0 radical (unpaired) electrons. The number of carbonyl (C=O) groups excluding carboxylic acids is 2. The van der Waals surface area contributed by atoms with Crippen LogP contribution in [-0.4, -0.2) is 55.5 Å². The van der Waals surface area contributed by atoms with Gasteiger partial charge in [-0.25, -0.2) is 4.79 Å². The molecule has 1 unspecified atom stereocenters. The van der Waals surface area contributed by atoms with E-state index >= 15 is 0 Å². The van der Waals surface area contributed by atoms with Crippen LogP contribution in [0.2, 0.25) is 0 Å². The summed E-state index contributed by atoms with van der Waals surface area (Å²) in [6, 6.07) is 16.1. The van der Waals surface area contributed by atoms with Gasteiger partial charge in [-0.2, -0.15) is 0 Å². The third-order valence-electron chi connectivity index (χ3n) is 7.16. The minimum atomic E-state index is -1.37. The van der Waals surface area contributed by atoms with Crippen molar-refractivity contribution < 1.29 is 29.0 Å². The van der Waals surface area contributed by atoms with E-state index in [-0.39, 0.29) is 31.6 Å². The molecule has 35 heavy (non-hydrogen) atoms. The summed E-state index contributed by atoms with van der Waals surface area (Å²) in [5.41, 5.74) is 3.10. The highest BCUT2D eigenvalue weighted by Gasteiger charge is 2.38. The fourth-order valence-corrected chi connectivity index (χ4v) is 5.33. The zero-order valence-corrected chi connectivity index (χ0v) is 20.1. The van der Waals surface area contributed by atoms with E-state index in [1.807, 2.05) is 36.4 Å². The summed E-state index contributed by atoms with van der Waals surface area (Å²) >= 11 is 0. The van der Waals surface area contributed by atoms with Crippen molar-refractivity contribution in [2.45, 2.75) is 37.6 Å². The number of ether oxygens (including phenoxy) is 2. The van der Waals surface area contributed by atoms with Crippen LogP contribution in [0.5, 0.6) is 0 Å². The van der Waals surface area contributed by atoms with Gasteiger partial charge in [0.25, 0.3) is 0 Å². The fourth-order valence-electron chi connectivity index (χ4n) is 5.33. The molecular weight excluding hydrogens is 448 g/mol. The quantitative estimate of drug-likeness (QED) is 0.506. The van der Waals surface area contributed by atoms with Crippen LogP contribution < -0.4 is 10.6 Å². The molecule has 2 aromatic carbocycles. The van der Waals surface area contributed by atoms with Crippen molar-refractivity contribution in [2.24, 2.45) is 11.8 Å². The molecule has 8 nitrogen and oxygen atoms in total. The van der Waals surface area contributed by atoms with Crippen LogP contribution in [0.15, 0.2) is 48.5 Å². The third kappa shape index (κ3) is 5.17. The maximum atomic E-state index is 13.0. The van der Waals surface area contributed by atoms with Crippen molar-refractivity contribution in [1.29, 1.82) is 0 Å². The Labute approximate surface area is 205 Å². The summed E-state index contributed by atoms with van der Waals surface area (Å²) in [4.78, 5) is 37.2. The number of carboxylic acid groups (broad SMARTS) is 1. The summed E-state index contributed by atoms with van der Waals surface area (Å²) in [6.45, 7) is 1.88. The molecule has 3 atom stereocenters. The van der Waals surface area contributed by atoms with Gasteiger partial charge in [0.1, 0.15) is 12.1 Å². The third-order valence-corrected chi connectivity index (χ3v) is 7.16. The number of rotatable bonds is 9. The Morgan fingerprint density at radius 3 is 2.26 bits per heavy atom. The van der Waals surface area contributed by atoms with Gasteiger partial charge in [0, 0.05) is 19.6 Å². The molecule has 0 aromatic heterocycles. The lowest BCUT2D eigenvalue weighted by Gasteiger charge is -2.29. The summed E-state index contributed by atoms with van der Waals surface area (Å²) < 4.78 is 10.8. The molecular formula is C27H32N2O6. The van der Waals surface area contributed by atoms with E-state index in [1.54, 1.807) is 6.92 Å². The number of benzene rings is 2. The highest BCUT2D eigenvalue weighted by Crippen LogP contribution is 2.44. The topological polar surface area (TPSA) is 114 Å². The molecule has 0 heterocycles. The van der Waals surface area contributed by atoms with E-state index in [9.17, 15) is 19.5 Å². The van der Waals surface area contributed by atoms with E-state index in [0.717, 1.165) is 35.1 Å². The van der Waals surface area contributed by atoms with E-state index < -0.39 is 29.4 Å². The minimum absolute atomic E-state index is 0.0595. The normalized spacial score (nSPS) is 20.4. The van der Waals surface area contributed by atoms with Gasteiger partial charge >= 0.3 is 12.1 Å². The fraction of sp³-hybridized carbons (Fsp3) is 0.444. The lowest BCUT2D eigenvalue weighted by atomic mass is 9.95. The predicted octanol–water partition coefficient (Wildman–Crippen LogP) is 3.55. The van der Waals surface area contributed by atoms with Gasteiger partial charge in [-0.15, -0.1) is 0 Å². The van der Waals surface area contributed by atoms with Crippen LogP contribution in [0.25, 0.3) is 11.1 Å². The van der Waals surface area contributed by atoms with Gasteiger partial charge in [-0.1, -0.05) is 55.0 Å². The van der Waals surface area contributed by atoms with Crippen molar-refractivity contribution in [3.05, 3.63) is 59.7 Å². The molecule has 0 spiro atoms. The van der Waals surface area contributed by atoms with E-state index in [0.29, 0.717) is 6.42 Å². The van der Waals surface area contributed by atoms with Gasteiger partial charge < -0.3 is 25.2 Å². The Bertz CT molecular complexity index is 1060. The Kier molecular flexibility index (Phi) is 7.40. The SMILES string of the molecule is COCC(C)(NC(=O)OCC1c2ccccc2-c2ccccc21)C(=O)NC[C@H]1CCC[C@H]1C(=O)O. The van der Waals surface area contributed by atoms with Gasteiger partial charge in [0.2, 0.25) is 5.91 Å². The number of hydrogen-bond donors (Lipinski definition) is 3. The first-order valence-electron chi connectivity index (χ1n) is 12.0. The molecule has 2 aliphatic carbocycles. The standard InChI is InChI=1S/C27H32N2O6/c1-27(16-34-2,25(32)28-14-17-8-7-13-18(17)24(30)31)29-26(33)35-15-23-21-11-5-3-9-19(21)20-10-4-6-12-22(20)23/h3-6,9-12,17-18,23H,7-8,13-16H2,1-2H3,(H,28,32)(H,29,33)(H,30,31)/t17-,18-,27?/m1/s1. The first-order chi connectivity index (χ1) is 16.8. The first kappa shape index (κ1) is 24.7. The van der Waals surface area contributed by atoms with E-state index in [1.165, 1.54) is 7.11 Å². The molecule has 2 amide bonds. The second-order valence-electron chi connectivity index (χ2n) is 9.56. The molecule has 8 heteroatoms. The van der Waals surface area contributed by atoms with Crippen molar-refractivity contribution in [3.8, 4) is 11.1 Å². The van der Waals surface area contributed by atoms with Gasteiger partial charge in [-0.05, 0) is 47.9 Å².